The minimum absolute atomic E-state index is 0.0421. The Bertz CT molecular complexity index is 436. The van der Waals surface area contributed by atoms with Crippen LogP contribution in [-0.4, -0.2) is 59.5 Å². The fourth-order valence-electron chi connectivity index (χ4n) is 3.05. The van der Waals surface area contributed by atoms with Gasteiger partial charge in [0.1, 0.15) is 6.17 Å². The average molecular weight is 307 g/mol. The summed E-state index contributed by atoms with van der Waals surface area (Å²) in [6, 6.07) is -0.100. The van der Waals surface area contributed by atoms with Crippen LogP contribution in [0.5, 0.6) is 0 Å². The molecular formula is C17H29N3O2. The molecule has 22 heavy (non-hydrogen) atoms. The second-order valence-electron chi connectivity index (χ2n) is 5.91. The molecule has 1 aliphatic rings. The summed E-state index contributed by atoms with van der Waals surface area (Å²) in [6.07, 6.45) is 5.72. The zero-order valence-corrected chi connectivity index (χ0v) is 14.3. The molecule has 1 saturated heterocycles. The lowest BCUT2D eigenvalue weighted by Crippen LogP contribution is -2.53. The molecule has 3 unspecified atom stereocenters. The Morgan fingerprint density at radius 1 is 1.32 bits per heavy atom. The minimum Gasteiger partial charge on any atom is -0.321 e. The van der Waals surface area contributed by atoms with Gasteiger partial charge in [-0.15, -0.1) is 13.2 Å². The second kappa shape index (κ2) is 8.01. The molecule has 1 fully saturated rings. The van der Waals surface area contributed by atoms with Gasteiger partial charge in [0.2, 0.25) is 5.91 Å². The highest BCUT2D eigenvalue weighted by atomic mass is 16.2. The van der Waals surface area contributed by atoms with Gasteiger partial charge in [-0.1, -0.05) is 19.1 Å². The number of hydrogen-bond acceptors (Lipinski definition) is 2. The van der Waals surface area contributed by atoms with Gasteiger partial charge in [-0.05, 0) is 26.2 Å². The van der Waals surface area contributed by atoms with E-state index in [0.29, 0.717) is 6.54 Å². The van der Waals surface area contributed by atoms with E-state index in [0.717, 1.165) is 19.3 Å². The number of carbonyl (C=O) groups excluding carboxylic acids is 2. The highest BCUT2D eigenvalue weighted by molar-refractivity contribution is 5.82. The zero-order valence-electron chi connectivity index (χ0n) is 14.3. The highest BCUT2D eigenvalue weighted by Crippen LogP contribution is 2.26. The molecule has 0 radical (unpaired) electrons. The molecule has 1 aliphatic heterocycles. The lowest BCUT2D eigenvalue weighted by molar-refractivity contribution is -0.140. The molecule has 0 aromatic heterocycles. The quantitative estimate of drug-likeness (QED) is 0.647. The smallest absolute Gasteiger partial charge is 0.321 e. The first-order valence-corrected chi connectivity index (χ1v) is 7.92. The second-order valence-corrected chi connectivity index (χ2v) is 5.91. The van der Waals surface area contributed by atoms with E-state index < -0.39 is 0 Å². The van der Waals surface area contributed by atoms with Crippen LogP contribution in [0, 0.1) is 5.92 Å². The van der Waals surface area contributed by atoms with Crippen LogP contribution < -0.4 is 0 Å². The maximum Gasteiger partial charge on any atom is 0.321 e. The van der Waals surface area contributed by atoms with Crippen molar-refractivity contribution in [1.29, 1.82) is 0 Å². The molecule has 0 N–H and O–H groups in total. The van der Waals surface area contributed by atoms with Gasteiger partial charge < -0.3 is 14.7 Å². The van der Waals surface area contributed by atoms with Crippen LogP contribution in [-0.2, 0) is 4.79 Å². The normalized spacial score (nSPS) is 22.6. The summed E-state index contributed by atoms with van der Waals surface area (Å²) in [5.74, 6) is 0.0515. The van der Waals surface area contributed by atoms with E-state index in [-0.39, 0.29) is 30.1 Å². The largest absolute Gasteiger partial charge is 0.321 e. The van der Waals surface area contributed by atoms with Crippen LogP contribution in [0.2, 0.25) is 0 Å². The van der Waals surface area contributed by atoms with Gasteiger partial charge in [0.25, 0.3) is 0 Å². The summed E-state index contributed by atoms with van der Waals surface area (Å²) in [4.78, 5) is 30.2. The first-order chi connectivity index (χ1) is 10.4. The van der Waals surface area contributed by atoms with Crippen LogP contribution in [0.1, 0.15) is 33.1 Å². The Labute approximate surface area is 134 Å². The molecule has 0 aromatic carbocycles. The van der Waals surface area contributed by atoms with Gasteiger partial charge >= 0.3 is 6.03 Å². The van der Waals surface area contributed by atoms with Crippen LogP contribution in [0.15, 0.2) is 25.3 Å². The molecule has 0 aromatic rings. The first kappa shape index (κ1) is 18.3. The number of carbonyl (C=O) groups is 2. The number of amides is 3. The summed E-state index contributed by atoms with van der Waals surface area (Å²) in [5, 5.41) is 0. The summed E-state index contributed by atoms with van der Waals surface area (Å²) in [5.41, 5.74) is 0. The molecule has 0 spiro atoms. The molecule has 3 amide bonds. The molecule has 0 aliphatic carbocycles. The van der Waals surface area contributed by atoms with E-state index in [9.17, 15) is 9.59 Å². The number of likely N-dealkylation sites (N-methyl/N-ethyl adjacent to an activating group) is 2. The molecule has 0 bridgehead atoms. The standard InChI is InChI=1S/C17H29N3O2/c1-7-10-11-14(9-3)16(21)20(12-8-2)15-13(4)18(5)17(22)19(15)6/h7-8,13-15H,1-2,9-12H2,3-6H3. The Balaban J connectivity index is 3.01. The fraction of sp³-hybridized carbons (Fsp3) is 0.647. The van der Waals surface area contributed by atoms with Gasteiger partial charge in [-0.3, -0.25) is 4.79 Å². The van der Waals surface area contributed by atoms with E-state index in [4.69, 9.17) is 0 Å². The Morgan fingerprint density at radius 3 is 2.36 bits per heavy atom. The monoisotopic (exact) mass is 307 g/mol. The Kier molecular flexibility index (Phi) is 6.65. The van der Waals surface area contributed by atoms with Crippen molar-refractivity contribution >= 4 is 11.9 Å². The van der Waals surface area contributed by atoms with Gasteiger partial charge in [0.05, 0.1) is 6.04 Å². The maximum absolute atomic E-state index is 12.9. The van der Waals surface area contributed by atoms with Gasteiger partial charge in [-0.2, -0.15) is 0 Å². The van der Waals surface area contributed by atoms with Crippen LogP contribution >= 0.6 is 0 Å². The fourth-order valence-corrected chi connectivity index (χ4v) is 3.05. The van der Waals surface area contributed by atoms with Crippen LogP contribution in [0.3, 0.4) is 0 Å². The number of urea groups is 1. The van der Waals surface area contributed by atoms with Gasteiger partial charge in [-0.25, -0.2) is 4.79 Å². The van der Waals surface area contributed by atoms with Crippen molar-refractivity contribution in [2.45, 2.75) is 45.3 Å². The van der Waals surface area contributed by atoms with Crippen molar-refractivity contribution in [3.8, 4) is 0 Å². The summed E-state index contributed by atoms with van der Waals surface area (Å²) >= 11 is 0. The molecule has 1 rings (SSSR count). The lowest BCUT2D eigenvalue weighted by Gasteiger charge is -2.36. The predicted molar refractivity (Wildman–Crippen MR) is 89.3 cm³/mol. The third-order valence-electron chi connectivity index (χ3n) is 4.53. The van der Waals surface area contributed by atoms with E-state index >= 15 is 0 Å². The summed E-state index contributed by atoms with van der Waals surface area (Å²) < 4.78 is 0. The molecule has 0 saturated carbocycles. The van der Waals surface area contributed by atoms with Crippen LogP contribution in [0.4, 0.5) is 4.79 Å². The SMILES string of the molecule is C=CCCC(CC)C(=O)N(CC=C)C1C(C)N(C)C(=O)N1C. The summed E-state index contributed by atoms with van der Waals surface area (Å²) in [7, 11) is 3.52. The Morgan fingerprint density at radius 2 is 1.95 bits per heavy atom. The minimum atomic E-state index is -0.249. The van der Waals surface area contributed by atoms with Crippen molar-refractivity contribution in [2.24, 2.45) is 5.92 Å². The van der Waals surface area contributed by atoms with Crippen molar-refractivity contribution in [1.82, 2.24) is 14.7 Å². The maximum atomic E-state index is 12.9. The lowest BCUT2D eigenvalue weighted by atomic mass is 9.97. The number of allylic oxidation sites excluding steroid dienone is 1. The van der Waals surface area contributed by atoms with Crippen molar-refractivity contribution in [3.63, 3.8) is 0 Å². The molecule has 124 valence electrons. The third kappa shape index (κ3) is 3.51. The number of hydrogen-bond donors (Lipinski definition) is 0. The molecule has 3 atom stereocenters. The molecule has 5 heteroatoms. The van der Waals surface area contributed by atoms with Gasteiger partial charge in [0.15, 0.2) is 0 Å². The van der Waals surface area contributed by atoms with E-state index in [1.54, 1.807) is 34.9 Å². The molecule has 5 nitrogen and oxygen atoms in total. The first-order valence-electron chi connectivity index (χ1n) is 7.92. The zero-order chi connectivity index (χ0) is 16.9. The van der Waals surface area contributed by atoms with Gasteiger partial charge in [0, 0.05) is 26.6 Å². The Hall–Kier alpha value is -1.78. The van der Waals surface area contributed by atoms with Crippen LogP contribution in [0.25, 0.3) is 0 Å². The summed E-state index contributed by atoms with van der Waals surface area (Å²) in [6.45, 7) is 11.9. The highest BCUT2D eigenvalue weighted by Gasteiger charge is 2.44. The average Bonchev–Trinajstić information content (AvgIpc) is 2.70. The number of rotatable bonds is 8. The third-order valence-corrected chi connectivity index (χ3v) is 4.53. The topological polar surface area (TPSA) is 43.9 Å². The van der Waals surface area contributed by atoms with Crippen molar-refractivity contribution < 1.29 is 9.59 Å². The van der Waals surface area contributed by atoms with E-state index in [2.05, 4.69) is 13.2 Å². The molecular weight excluding hydrogens is 278 g/mol. The van der Waals surface area contributed by atoms with E-state index in [1.807, 2.05) is 19.9 Å². The van der Waals surface area contributed by atoms with Crippen molar-refractivity contribution in [3.05, 3.63) is 25.3 Å². The van der Waals surface area contributed by atoms with E-state index in [1.165, 1.54) is 0 Å². The van der Waals surface area contributed by atoms with Crippen molar-refractivity contribution in [2.75, 3.05) is 20.6 Å². The number of nitrogens with zero attached hydrogens (tertiary/aromatic N) is 3. The predicted octanol–water partition coefficient (Wildman–Crippen LogP) is 2.71. The molecule has 1 heterocycles.